The SMILES string of the molecule is C[N+](C)(CCc1ccc(S(N)(=O)=O)cc1)C[C@@H](O)COc1cc(-c2ccc(C(=O)O)cc2)ccc1C#N. The first-order valence-electron chi connectivity index (χ1n) is 11.5. The van der Waals surface area contributed by atoms with E-state index in [0.29, 0.717) is 35.3 Å². The Bertz CT molecular complexity index is 1400. The summed E-state index contributed by atoms with van der Waals surface area (Å²) in [5, 5.41) is 34.3. The molecule has 10 heteroatoms. The molecule has 3 rings (SSSR count). The molecule has 0 saturated carbocycles. The van der Waals surface area contributed by atoms with Gasteiger partial charge in [-0.05, 0) is 53.1 Å². The summed E-state index contributed by atoms with van der Waals surface area (Å²) in [5.41, 5.74) is 2.99. The molecule has 0 saturated heterocycles. The molecular formula is C27H30N3O6S+. The number of quaternary nitrogens is 1. The van der Waals surface area contributed by atoms with E-state index in [1.54, 1.807) is 42.5 Å². The highest BCUT2D eigenvalue weighted by Gasteiger charge is 2.22. The summed E-state index contributed by atoms with van der Waals surface area (Å²) < 4.78 is 29.1. The monoisotopic (exact) mass is 524 g/mol. The molecule has 0 spiro atoms. The molecule has 0 aromatic heterocycles. The minimum Gasteiger partial charge on any atom is -0.489 e. The molecule has 0 amide bonds. The first kappa shape index (κ1) is 27.8. The van der Waals surface area contributed by atoms with E-state index < -0.39 is 22.1 Å². The summed E-state index contributed by atoms with van der Waals surface area (Å²) in [6.45, 7) is 1.07. The van der Waals surface area contributed by atoms with Gasteiger partial charge in [0.15, 0.2) is 0 Å². The maximum absolute atomic E-state index is 11.4. The van der Waals surface area contributed by atoms with Crippen molar-refractivity contribution >= 4 is 16.0 Å². The number of rotatable bonds is 11. The van der Waals surface area contributed by atoms with E-state index in [0.717, 1.165) is 16.7 Å². The van der Waals surface area contributed by atoms with Crippen molar-refractivity contribution in [3.63, 3.8) is 0 Å². The number of hydrogen-bond acceptors (Lipinski definition) is 6. The maximum Gasteiger partial charge on any atom is 0.335 e. The summed E-state index contributed by atoms with van der Waals surface area (Å²) in [4.78, 5) is 11.2. The van der Waals surface area contributed by atoms with Crippen LogP contribution in [-0.2, 0) is 16.4 Å². The van der Waals surface area contributed by atoms with Gasteiger partial charge in [0, 0.05) is 6.42 Å². The third kappa shape index (κ3) is 7.87. The zero-order chi connectivity index (χ0) is 27.2. The number of carboxylic acid groups (broad SMARTS) is 1. The average Bonchev–Trinajstić information content (AvgIpc) is 2.85. The smallest absolute Gasteiger partial charge is 0.335 e. The number of benzene rings is 3. The average molecular weight is 525 g/mol. The number of nitriles is 1. The largest absolute Gasteiger partial charge is 0.489 e. The van der Waals surface area contributed by atoms with E-state index in [1.807, 2.05) is 14.1 Å². The van der Waals surface area contributed by atoms with Gasteiger partial charge in [-0.3, -0.25) is 0 Å². The van der Waals surface area contributed by atoms with Crippen LogP contribution in [0.25, 0.3) is 11.1 Å². The van der Waals surface area contributed by atoms with Crippen LogP contribution >= 0.6 is 0 Å². The highest BCUT2D eigenvalue weighted by atomic mass is 32.2. The summed E-state index contributed by atoms with van der Waals surface area (Å²) in [7, 11) is 0.223. The van der Waals surface area contributed by atoms with E-state index in [1.165, 1.54) is 24.3 Å². The van der Waals surface area contributed by atoms with Crippen molar-refractivity contribution in [2.24, 2.45) is 5.14 Å². The van der Waals surface area contributed by atoms with Gasteiger partial charge >= 0.3 is 5.97 Å². The Balaban J connectivity index is 1.60. The number of sulfonamides is 1. The van der Waals surface area contributed by atoms with E-state index >= 15 is 0 Å². The zero-order valence-corrected chi connectivity index (χ0v) is 21.5. The van der Waals surface area contributed by atoms with Gasteiger partial charge in [0.25, 0.3) is 0 Å². The molecule has 3 aromatic rings. The maximum atomic E-state index is 11.4. The first-order chi connectivity index (χ1) is 17.4. The fraction of sp³-hybridized carbons (Fsp3) is 0.259. The Morgan fingerprint density at radius 2 is 1.68 bits per heavy atom. The topological polar surface area (TPSA) is 151 Å². The second kappa shape index (κ2) is 11.5. The second-order valence-corrected chi connectivity index (χ2v) is 11.0. The van der Waals surface area contributed by atoms with Crippen molar-refractivity contribution in [1.29, 1.82) is 5.26 Å². The molecule has 0 aliphatic rings. The third-order valence-electron chi connectivity index (χ3n) is 5.96. The predicted molar refractivity (Wildman–Crippen MR) is 138 cm³/mol. The quantitative estimate of drug-likeness (QED) is 0.326. The van der Waals surface area contributed by atoms with Crippen LogP contribution in [0, 0.1) is 11.3 Å². The Morgan fingerprint density at radius 3 is 2.24 bits per heavy atom. The van der Waals surface area contributed by atoms with Crippen molar-refractivity contribution in [2.75, 3.05) is 33.8 Å². The molecule has 9 nitrogen and oxygen atoms in total. The molecule has 4 N–H and O–H groups in total. The van der Waals surface area contributed by atoms with Crippen LogP contribution < -0.4 is 9.88 Å². The zero-order valence-electron chi connectivity index (χ0n) is 20.7. The lowest BCUT2D eigenvalue weighted by Crippen LogP contribution is -2.48. The minimum atomic E-state index is -3.73. The van der Waals surface area contributed by atoms with Gasteiger partial charge in [-0.15, -0.1) is 0 Å². The molecule has 0 unspecified atom stereocenters. The first-order valence-corrected chi connectivity index (χ1v) is 13.0. The number of aliphatic hydroxyl groups is 1. The van der Waals surface area contributed by atoms with Gasteiger partial charge in [0.1, 0.15) is 31.1 Å². The van der Waals surface area contributed by atoms with Crippen LogP contribution in [0.4, 0.5) is 0 Å². The van der Waals surface area contributed by atoms with Crippen LogP contribution in [-0.4, -0.2) is 69.0 Å². The highest BCUT2D eigenvalue weighted by Crippen LogP contribution is 2.28. The van der Waals surface area contributed by atoms with Crippen molar-refractivity contribution in [3.05, 3.63) is 83.4 Å². The fourth-order valence-electron chi connectivity index (χ4n) is 3.90. The molecule has 0 aliphatic heterocycles. The summed E-state index contributed by atoms with van der Waals surface area (Å²) in [6.07, 6.45) is -0.128. The van der Waals surface area contributed by atoms with Crippen molar-refractivity contribution in [2.45, 2.75) is 17.4 Å². The number of aromatic carboxylic acids is 1. The lowest BCUT2D eigenvalue weighted by Gasteiger charge is -2.32. The number of nitrogens with two attached hydrogens (primary N) is 1. The van der Waals surface area contributed by atoms with Gasteiger partial charge < -0.3 is 19.4 Å². The van der Waals surface area contributed by atoms with Crippen LogP contribution in [0.2, 0.25) is 0 Å². The summed E-state index contributed by atoms with van der Waals surface area (Å²) in [6, 6.07) is 20.0. The second-order valence-electron chi connectivity index (χ2n) is 9.45. The van der Waals surface area contributed by atoms with Gasteiger partial charge in [0.2, 0.25) is 10.0 Å². The lowest BCUT2D eigenvalue weighted by molar-refractivity contribution is -0.893. The van der Waals surface area contributed by atoms with Crippen molar-refractivity contribution in [1.82, 2.24) is 0 Å². The minimum absolute atomic E-state index is 0.0131. The Labute approximate surface area is 216 Å². The molecule has 0 bridgehead atoms. The summed E-state index contributed by atoms with van der Waals surface area (Å²) in [5.74, 6) is -0.674. The number of likely N-dealkylation sites (N-methyl/N-ethyl adjacent to an activating group) is 1. The molecule has 0 aliphatic carbocycles. The molecule has 0 radical (unpaired) electrons. The third-order valence-corrected chi connectivity index (χ3v) is 6.89. The van der Waals surface area contributed by atoms with Gasteiger partial charge in [0.05, 0.1) is 36.7 Å². The normalized spacial score (nSPS) is 12.5. The Morgan fingerprint density at radius 1 is 1.05 bits per heavy atom. The molecule has 37 heavy (non-hydrogen) atoms. The van der Waals surface area contributed by atoms with Crippen molar-refractivity contribution < 1.29 is 32.6 Å². The molecule has 0 heterocycles. The van der Waals surface area contributed by atoms with E-state index in [-0.39, 0.29) is 17.1 Å². The van der Waals surface area contributed by atoms with Crippen LogP contribution in [0.15, 0.2) is 71.6 Å². The molecular weight excluding hydrogens is 494 g/mol. The Kier molecular flexibility index (Phi) is 8.68. The van der Waals surface area contributed by atoms with Gasteiger partial charge in [-0.25, -0.2) is 18.4 Å². The Hall–Kier alpha value is -3.75. The number of carboxylic acids is 1. The highest BCUT2D eigenvalue weighted by molar-refractivity contribution is 7.89. The number of aliphatic hydroxyl groups excluding tert-OH is 1. The fourth-order valence-corrected chi connectivity index (χ4v) is 4.41. The number of nitrogens with zero attached hydrogens (tertiary/aromatic N) is 2. The standard InChI is InChI=1S/C27H29N3O6S/c1-30(2,14-13-19-3-11-25(12-4-19)37(29,34)35)17-24(31)18-36-26-15-22(9-10-23(26)16-28)20-5-7-21(8-6-20)27(32)33/h3-12,15,24,31H,13-14,17-18H2,1-2H3,(H2-,29,32,33,34,35)/p+1/t24-/m1/s1. The lowest BCUT2D eigenvalue weighted by atomic mass is 10.0. The van der Waals surface area contributed by atoms with Gasteiger partial charge in [-0.2, -0.15) is 5.26 Å². The number of ether oxygens (including phenoxy) is 1. The number of hydrogen-bond donors (Lipinski definition) is 3. The van der Waals surface area contributed by atoms with Crippen LogP contribution in [0.5, 0.6) is 5.75 Å². The number of carbonyl (C=O) groups is 1. The van der Waals surface area contributed by atoms with E-state index in [4.69, 9.17) is 15.0 Å². The van der Waals surface area contributed by atoms with Crippen molar-refractivity contribution in [3.8, 4) is 22.9 Å². The van der Waals surface area contributed by atoms with E-state index in [2.05, 4.69) is 6.07 Å². The molecule has 1 atom stereocenters. The van der Waals surface area contributed by atoms with E-state index in [9.17, 15) is 23.6 Å². The molecule has 0 fully saturated rings. The molecule has 3 aromatic carbocycles. The van der Waals surface area contributed by atoms with Crippen LogP contribution in [0.3, 0.4) is 0 Å². The van der Waals surface area contributed by atoms with Crippen LogP contribution in [0.1, 0.15) is 21.5 Å². The van der Waals surface area contributed by atoms with Gasteiger partial charge in [-0.1, -0.05) is 30.3 Å². The number of primary sulfonamides is 1. The molecule has 194 valence electrons. The summed E-state index contributed by atoms with van der Waals surface area (Å²) >= 11 is 0. The predicted octanol–water partition coefficient (Wildman–Crippen LogP) is 2.63.